The van der Waals surface area contributed by atoms with Crippen LogP contribution in [0, 0.1) is 0 Å². The quantitative estimate of drug-likeness (QED) is 0.654. The van der Waals surface area contributed by atoms with Crippen molar-refractivity contribution in [3.8, 4) is 0 Å². The van der Waals surface area contributed by atoms with E-state index in [2.05, 4.69) is 16.0 Å². The summed E-state index contributed by atoms with van der Waals surface area (Å²) in [4.78, 5) is 36.6. The summed E-state index contributed by atoms with van der Waals surface area (Å²) in [6, 6.07) is 1.59. The molecular formula is C20H27N3O4S. The van der Waals surface area contributed by atoms with Gasteiger partial charge in [0.2, 0.25) is 11.8 Å². The van der Waals surface area contributed by atoms with Crippen molar-refractivity contribution in [3.05, 3.63) is 27.5 Å². The number of carbonyl (C=O) groups excluding carboxylic acids is 3. The van der Waals surface area contributed by atoms with Gasteiger partial charge in [0.15, 0.2) is 0 Å². The van der Waals surface area contributed by atoms with Gasteiger partial charge < -0.3 is 15.4 Å². The predicted molar refractivity (Wildman–Crippen MR) is 107 cm³/mol. The molecule has 0 aromatic carbocycles. The van der Waals surface area contributed by atoms with Gasteiger partial charge in [-0.25, -0.2) is 4.79 Å². The van der Waals surface area contributed by atoms with Crippen molar-refractivity contribution >= 4 is 34.9 Å². The van der Waals surface area contributed by atoms with Crippen LogP contribution in [-0.2, 0) is 20.9 Å². The number of thiophene rings is 1. The van der Waals surface area contributed by atoms with Gasteiger partial charge in [-0.05, 0) is 63.5 Å². The zero-order valence-corrected chi connectivity index (χ0v) is 17.3. The summed E-state index contributed by atoms with van der Waals surface area (Å²) >= 11 is 1.55. The smallest absolute Gasteiger partial charge is 0.407 e. The maximum Gasteiger partial charge on any atom is 0.407 e. The SMILES string of the molecule is CC(C)(C)OC(=O)NCc1sccc1C(NC1CCC(=O)NC1=O)=C1CCC1. The topological polar surface area (TPSA) is 96.5 Å². The Morgan fingerprint density at radius 2 is 2.04 bits per heavy atom. The molecule has 1 aromatic heterocycles. The molecule has 1 aromatic rings. The number of hydrogen-bond donors (Lipinski definition) is 3. The van der Waals surface area contributed by atoms with E-state index in [1.54, 1.807) is 11.3 Å². The number of allylic oxidation sites excluding steroid dienone is 1. The Labute approximate surface area is 168 Å². The molecule has 3 rings (SSSR count). The molecule has 3 amide bonds. The van der Waals surface area contributed by atoms with Gasteiger partial charge in [-0.1, -0.05) is 0 Å². The second-order valence-corrected chi connectivity index (χ2v) is 9.09. The maximum absolute atomic E-state index is 12.2. The van der Waals surface area contributed by atoms with E-state index >= 15 is 0 Å². The van der Waals surface area contributed by atoms with Gasteiger partial charge in [-0.2, -0.15) is 0 Å². The predicted octanol–water partition coefficient (Wildman–Crippen LogP) is 3.06. The van der Waals surface area contributed by atoms with E-state index in [4.69, 9.17) is 4.74 Å². The summed E-state index contributed by atoms with van der Waals surface area (Å²) in [7, 11) is 0. The molecule has 8 heteroatoms. The summed E-state index contributed by atoms with van der Waals surface area (Å²) in [5.41, 5.74) is 2.69. The number of alkyl carbamates (subject to hydrolysis) is 1. The van der Waals surface area contributed by atoms with Gasteiger partial charge in [0.25, 0.3) is 0 Å². The molecule has 2 aliphatic rings. The van der Waals surface area contributed by atoms with Crippen LogP contribution in [0.5, 0.6) is 0 Å². The van der Waals surface area contributed by atoms with E-state index in [0.717, 1.165) is 35.4 Å². The van der Waals surface area contributed by atoms with Crippen molar-refractivity contribution in [3.63, 3.8) is 0 Å². The highest BCUT2D eigenvalue weighted by molar-refractivity contribution is 7.10. The van der Waals surface area contributed by atoms with Crippen LogP contribution in [0.15, 0.2) is 17.0 Å². The third-order valence-corrected chi connectivity index (χ3v) is 5.60. The fraction of sp³-hybridized carbons (Fsp3) is 0.550. The third-order valence-electron chi connectivity index (χ3n) is 4.68. The molecule has 2 fully saturated rings. The average molecular weight is 406 g/mol. The number of rotatable bonds is 5. The number of piperidine rings is 1. The first-order chi connectivity index (χ1) is 13.2. The molecule has 1 unspecified atom stereocenters. The number of nitrogens with one attached hydrogen (secondary N) is 3. The van der Waals surface area contributed by atoms with Crippen LogP contribution in [0.3, 0.4) is 0 Å². The second-order valence-electron chi connectivity index (χ2n) is 8.09. The Morgan fingerprint density at radius 3 is 2.64 bits per heavy atom. The van der Waals surface area contributed by atoms with Gasteiger partial charge >= 0.3 is 6.09 Å². The lowest BCUT2D eigenvalue weighted by Gasteiger charge is -2.29. The van der Waals surface area contributed by atoms with Gasteiger partial charge in [0.05, 0.1) is 6.54 Å². The van der Waals surface area contributed by atoms with Crippen LogP contribution in [0.2, 0.25) is 0 Å². The molecule has 3 N–H and O–H groups in total. The molecule has 152 valence electrons. The normalized spacial score (nSPS) is 19.5. The fourth-order valence-corrected chi connectivity index (χ4v) is 3.97. The molecule has 28 heavy (non-hydrogen) atoms. The van der Waals surface area contributed by atoms with Crippen molar-refractivity contribution < 1.29 is 19.1 Å². The highest BCUT2D eigenvalue weighted by atomic mass is 32.1. The van der Waals surface area contributed by atoms with Gasteiger partial charge in [-0.15, -0.1) is 11.3 Å². The van der Waals surface area contributed by atoms with Gasteiger partial charge in [0, 0.05) is 22.6 Å². The fourth-order valence-electron chi connectivity index (χ4n) is 3.15. The molecule has 1 saturated carbocycles. The van der Waals surface area contributed by atoms with Crippen LogP contribution in [0.25, 0.3) is 5.70 Å². The molecule has 0 spiro atoms. The van der Waals surface area contributed by atoms with E-state index in [1.807, 2.05) is 32.2 Å². The van der Waals surface area contributed by atoms with E-state index in [1.165, 1.54) is 5.57 Å². The van der Waals surface area contributed by atoms with Crippen LogP contribution in [0.4, 0.5) is 4.79 Å². The van der Waals surface area contributed by atoms with Crippen molar-refractivity contribution in [2.24, 2.45) is 0 Å². The Kier molecular flexibility index (Phi) is 6.07. The lowest BCUT2D eigenvalue weighted by atomic mass is 9.88. The minimum absolute atomic E-state index is 0.223. The number of imide groups is 1. The van der Waals surface area contributed by atoms with Crippen molar-refractivity contribution in [1.29, 1.82) is 0 Å². The number of ether oxygens (including phenoxy) is 1. The monoisotopic (exact) mass is 405 g/mol. The van der Waals surface area contributed by atoms with Crippen molar-refractivity contribution in [2.45, 2.75) is 71.1 Å². The molecule has 2 heterocycles. The van der Waals surface area contributed by atoms with E-state index in [-0.39, 0.29) is 11.8 Å². The largest absolute Gasteiger partial charge is 0.444 e. The van der Waals surface area contributed by atoms with E-state index < -0.39 is 17.7 Å². The molecular weight excluding hydrogens is 378 g/mol. The highest BCUT2D eigenvalue weighted by Crippen LogP contribution is 2.35. The zero-order chi connectivity index (χ0) is 20.3. The summed E-state index contributed by atoms with van der Waals surface area (Å²) in [6.45, 7) is 5.83. The molecule has 1 aliphatic carbocycles. The standard InChI is InChI=1S/C20H27N3O4S/c1-20(2,3)27-19(26)21-11-15-13(9-10-28-15)17(12-5-4-6-12)22-14-7-8-16(24)23-18(14)25/h9-10,14,22H,4-8,11H2,1-3H3,(H,21,26)(H,23,24,25). The Balaban J connectivity index is 1.73. The first-order valence-electron chi connectivity index (χ1n) is 9.59. The molecule has 0 bridgehead atoms. The van der Waals surface area contributed by atoms with E-state index in [0.29, 0.717) is 19.4 Å². The molecule has 1 aliphatic heterocycles. The molecule has 1 atom stereocenters. The van der Waals surface area contributed by atoms with E-state index in [9.17, 15) is 14.4 Å². The Hall–Kier alpha value is -2.35. The Morgan fingerprint density at radius 1 is 1.29 bits per heavy atom. The summed E-state index contributed by atoms with van der Waals surface area (Å²) in [5.74, 6) is -0.504. The molecule has 1 saturated heterocycles. The highest BCUT2D eigenvalue weighted by Gasteiger charge is 2.29. The second kappa shape index (κ2) is 8.34. The van der Waals surface area contributed by atoms with Gasteiger partial charge in [0.1, 0.15) is 11.6 Å². The van der Waals surface area contributed by atoms with Gasteiger partial charge in [-0.3, -0.25) is 14.9 Å². The summed E-state index contributed by atoms with van der Waals surface area (Å²) < 4.78 is 5.30. The number of carbonyl (C=O) groups is 3. The molecule has 0 radical (unpaired) electrons. The van der Waals surface area contributed by atoms with Crippen LogP contribution < -0.4 is 16.0 Å². The lowest BCUT2D eigenvalue weighted by Crippen LogP contribution is -2.50. The van der Waals surface area contributed by atoms with Crippen LogP contribution in [0.1, 0.15) is 63.3 Å². The van der Waals surface area contributed by atoms with Crippen LogP contribution >= 0.6 is 11.3 Å². The first kappa shape index (κ1) is 20.4. The maximum atomic E-state index is 12.2. The minimum atomic E-state index is -0.547. The summed E-state index contributed by atoms with van der Waals surface area (Å²) in [6.07, 6.45) is 3.47. The first-order valence-corrected chi connectivity index (χ1v) is 10.5. The lowest BCUT2D eigenvalue weighted by molar-refractivity contribution is -0.134. The minimum Gasteiger partial charge on any atom is -0.444 e. The average Bonchev–Trinajstić information content (AvgIpc) is 2.99. The van der Waals surface area contributed by atoms with Crippen molar-refractivity contribution in [1.82, 2.24) is 16.0 Å². The zero-order valence-electron chi connectivity index (χ0n) is 16.5. The Bertz CT molecular complexity index is 801. The van der Waals surface area contributed by atoms with Crippen LogP contribution in [-0.4, -0.2) is 29.6 Å². The third kappa shape index (κ3) is 5.13. The number of hydrogen-bond acceptors (Lipinski definition) is 6. The molecule has 7 nitrogen and oxygen atoms in total. The summed E-state index contributed by atoms with van der Waals surface area (Å²) in [5, 5.41) is 10.6. The number of amides is 3. The van der Waals surface area contributed by atoms with Crippen molar-refractivity contribution in [2.75, 3.05) is 0 Å².